The molecule has 0 saturated carbocycles. The van der Waals surface area contributed by atoms with Gasteiger partial charge in [0.1, 0.15) is 11.2 Å². The fourth-order valence-corrected chi connectivity index (χ4v) is 4.76. The number of nitrogens with zero attached hydrogens (tertiary/aromatic N) is 2. The standard InChI is InChI=1S/C14H16N4O2S3/c1-7-3-9-12(20)16-10(17-13(9)22-7)5-21-6-11(19)18-14-15-4-8(2)23-14/h3-4,9,13H,5-6H2,1-2H3,(H,15,18,19)(H,16,17,20)/t9-,13-/m1/s1. The highest BCUT2D eigenvalue weighted by molar-refractivity contribution is 8.04. The van der Waals surface area contributed by atoms with Crippen molar-refractivity contribution in [3.8, 4) is 0 Å². The normalized spacial score (nSPS) is 23.0. The van der Waals surface area contributed by atoms with Crippen LogP contribution in [0.1, 0.15) is 11.8 Å². The van der Waals surface area contributed by atoms with Gasteiger partial charge in [0.15, 0.2) is 5.13 Å². The van der Waals surface area contributed by atoms with Gasteiger partial charge in [-0.1, -0.05) is 6.08 Å². The topological polar surface area (TPSA) is 83.5 Å². The number of hydrogen-bond acceptors (Lipinski definition) is 7. The molecule has 2 amide bonds. The summed E-state index contributed by atoms with van der Waals surface area (Å²) in [5, 5.41) is 6.15. The van der Waals surface area contributed by atoms with E-state index >= 15 is 0 Å². The number of amides is 2. The zero-order valence-corrected chi connectivity index (χ0v) is 15.1. The molecule has 2 aliphatic heterocycles. The minimum Gasteiger partial charge on any atom is -0.313 e. The van der Waals surface area contributed by atoms with Crippen molar-refractivity contribution in [2.75, 3.05) is 16.8 Å². The van der Waals surface area contributed by atoms with E-state index in [1.165, 1.54) is 23.1 Å². The number of thioether (sulfide) groups is 2. The van der Waals surface area contributed by atoms with Crippen molar-refractivity contribution < 1.29 is 9.59 Å². The number of aryl methyl sites for hydroxylation is 1. The number of hydrogen-bond donors (Lipinski definition) is 2. The van der Waals surface area contributed by atoms with Gasteiger partial charge < -0.3 is 10.6 Å². The Kier molecular flexibility index (Phi) is 5.08. The number of allylic oxidation sites excluding steroid dienone is 1. The summed E-state index contributed by atoms with van der Waals surface area (Å²) in [7, 11) is 0. The van der Waals surface area contributed by atoms with Crippen LogP contribution in [-0.2, 0) is 9.59 Å². The molecule has 122 valence electrons. The first-order chi connectivity index (χ1) is 11.0. The third-order valence-electron chi connectivity index (χ3n) is 3.22. The molecule has 3 rings (SSSR count). The first kappa shape index (κ1) is 16.5. The fraction of sp³-hybridized carbons (Fsp3) is 0.429. The predicted molar refractivity (Wildman–Crippen MR) is 97.0 cm³/mol. The molecule has 3 heterocycles. The van der Waals surface area contributed by atoms with Crippen molar-refractivity contribution in [2.45, 2.75) is 19.2 Å². The minimum absolute atomic E-state index is 0.00679. The van der Waals surface area contributed by atoms with Crippen LogP contribution in [0.5, 0.6) is 0 Å². The molecule has 6 nitrogen and oxygen atoms in total. The van der Waals surface area contributed by atoms with E-state index in [0.717, 1.165) is 9.78 Å². The van der Waals surface area contributed by atoms with Gasteiger partial charge >= 0.3 is 0 Å². The summed E-state index contributed by atoms with van der Waals surface area (Å²) in [6.07, 6.45) is 3.69. The van der Waals surface area contributed by atoms with E-state index in [2.05, 4.69) is 20.6 Å². The number of anilines is 1. The van der Waals surface area contributed by atoms with Gasteiger partial charge in [0, 0.05) is 11.1 Å². The monoisotopic (exact) mass is 368 g/mol. The Bertz CT molecular complexity index is 698. The number of aromatic nitrogens is 1. The molecular formula is C14H16N4O2S3. The summed E-state index contributed by atoms with van der Waals surface area (Å²) in [6, 6.07) is 0. The molecule has 0 bridgehead atoms. The Morgan fingerprint density at radius 3 is 3.04 bits per heavy atom. The number of rotatable bonds is 5. The lowest BCUT2D eigenvalue weighted by Gasteiger charge is -2.22. The number of fused-ring (bicyclic) bond motifs is 1. The van der Waals surface area contributed by atoms with Crippen LogP contribution < -0.4 is 10.6 Å². The van der Waals surface area contributed by atoms with Crippen molar-refractivity contribution in [1.82, 2.24) is 10.3 Å². The first-order valence-corrected chi connectivity index (χ1v) is 9.89. The predicted octanol–water partition coefficient (Wildman–Crippen LogP) is 2.24. The third-order valence-corrected chi connectivity index (χ3v) is 6.14. The molecule has 9 heteroatoms. The van der Waals surface area contributed by atoms with Crippen LogP contribution in [0.3, 0.4) is 0 Å². The van der Waals surface area contributed by atoms with Crippen LogP contribution >= 0.6 is 34.9 Å². The largest absolute Gasteiger partial charge is 0.313 e. The van der Waals surface area contributed by atoms with Gasteiger partial charge in [0.25, 0.3) is 0 Å². The lowest BCUT2D eigenvalue weighted by Crippen LogP contribution is -2.44. The van der Waals surface area contributed by atoms with E-state index in [0.29, 0.717) is 22.5 Å². The van der Waals surface area contributed by atoms with Crippen molar-refractivity contribution >= 4 is 57.6 Å². The fourth-order valence-electron chi connectivity index (χ4n) is 2.24. The molecule has 1 aromatic heterocycles. The van der Waals surface area contributed by atoms with Gasteiger partial charge in [-0.2, -0.15) is 0 Å². The SMILES string of the molecule is CC1=C[C@@H]2C(=O)NC(CSCC(=O)Nc3ncc(C)s3)=N[C@@H]2S1. The Hall–Kier alpha value is -1.32. The second-order valence-corrected chi connectivity index (χ2v) is 8.78. The van der Waals surface area contributed by atoms with Gasteiger partial charge in [-0.05, 0) is 18.8 Å². The van der Waals surface area contributed by atoms with Gasteiger partial charge in [-0.3, -0.25) is 14.6 Å². The molecule has 2 N–H and O–H groups in total. The molecule has 23 heavy (non-hydrogen) atoms. The van der Waals surface area contributed by atoms with Crippen molar-refractivity contribution in [1.29, 1.82) is 0 Å². The maximum absolute atomic E-state index is 12.0. The molecule has 0 unspecified atom stereocenters. The number of amidine groups is 1. The summed E-state index contributed by atoms with van der Waals surface area (Å²) >= 11 is 4.49. The third kappa shape index (κ3) is 4.15. The zero-order chi connectivity index (χ0) is 16.4. The highest BCUT2D eigenvalue weighted by atomic mass is 32.2. The van der Waals surface area contributed by atoms with Gasteiger partial charge in [-0.15, -0.1) is 34.9 Å². The number of carbonyl (C=O) groups excluding carboxylic acids is 2. The van der Waals surface area contributed by atoms with Crippen molar-refractivity contribution in [2.24, 2.45) is 10.9 Å². The van der Waals surface area contributed by atoms with Gasteiger partial charge in [-0.25, -0.2) is 4.98 Å². The lowest BCUT2D eigenvalue weighted by molar-refractivity contribution is -0.122. The Morgan fingerprint density at radius 2 is 2.30 bits per heavy atom. The van der Waals surface area contributed by atoms with Gasteiger partial charge in [0.05, 0.1) is 17.4 Å². The number of aliphatic imine (C=N–C) groups is 1. The van der Waals surface area contributed by atoms with Crippen LogP contribution in [0.2, 0.25) is 0 Å². The van der Waals surface area contributed by atoms with Crippen LogP contribution in [-0.4, -0.2) is 39.5 Å². The van der Waals surface area contributed by atoms with Crippen LogP contribution in [0, 0.1) is 12.8 Å². The second-order valence-electron chi connectivity index (χ2n) is 5.19. The van der Waals surface area contributed by atoms with Crippen LogP contribution in [0.4, 0.5) is 5.13 Å². The summed E-state index contributed by atoms with van der Waals surface area (Å²) in [6.45, 7) is 3.93. The maximum Gasteiger partial charge on any atom is 0.236 e. The molecule has 0 aromatic carbocycles. The first-order valence-electron chi connectivity index (χ1n) is 7.04. The Morgan fingerprint density at radius 1 is 1.48 bits per heavy atom. The number of carbonyl (C=O) groups is 2. The highest BCUT2D eigenvalue weighted by Crippen LogP contribution is 2.38. The van der Waals surface area contributed by atoms with E-state index in [-0.39, 0.29) is 23.1 Å². The molecule has 2 atom stereocenters. The van der Waals surface area contributed by atoms with Crippen LogP contribution in [0.25, 0.3) is 0 Å². The molecule has 1 aromatic rings. The number of nitrogens with one attached hydrogen (secondary N) is 2. The summed E-state index contributed by atoms with van der Waals surface area (Å²) < 4.78 is 0. The van der Waals surface area contributed by atoms with E-state index in [1.54, 1.807) is 18.0 Å². The number of thiazole rings is 1. The molecule has 0 aliphatic carbocycles. The second kappa shape index (κ2) is 7.06. The van der Waals surface area contributed by atoms with E-state index in [9.17, 15) is 9.59 Å². The molecule has 0 fully saturated rings. The smallest absolute Gasteiger partial charge is 0.236 e. The quantitative estimate of drug-likeness (QED) is 0.833. The van der Waals surface area contributed by atoms with E-state index < -0.39 is 0 Å². The molecule has 2 aliphatic rings. The van der Waals surface area contributed by atoms with E-state index in [1.807, 2.05) is 19.9 Å². The lowest BCUT2D eigenvalue weighted by atomic mass is 10.1. The molecular weight excluding hydrogens is 352 g/mol. The summed E-state index contributed by atoms with van der Waals surface area (Å²) in [5.74, 6) is 1.19. The highest BCUT2D eigenvalue weighted by Gasteiger charge is 2.36. The molecule has 0 radical (unpaired) electrons. The van der Waals surface area contributed by atoms with Crippen molar-refractivity contribution in [3.05, 3.63) is 22.1 Å². The Balaban J connectivity index is 1.46. The minimum atomic E-state index is -0.162. The van der Waals surface area contributed by atoms with E-state index in [4.69, 9.17) is 0 Å². The van der Waals surface area contributed by atoms with Gasteiger partial charge in [0.2, 0.25) is 11.8 Å². The zero-order valence-electron chi connectivity index (χ0n) is 12.7. The average Bonchev–Trinajstić information content (AvgIpc) is 3.04. The average molecular weight is 369 g/mol. The summed E-state index contributed by atoms with van der Waals surface area (Å²) in [5.41, 5.74) is 0. The maximum atomic E-state index is 12.0. The molecule has 0 spiro atoms. The van der Waals surface area contributed by atoms with Crippen molar-refractivity contribution in [3.63, 3.8) is 0 Å². The Labute approximate surface area is 146 Å². The summed E-state index contributed by atoms with van der Waals surface area (Å²) in [4.78, 5) is 34.7. The molecule has 0 saturated heterocycles. The van der Waals surface area contributed by atoms with Crippen LogP contribution in [0.15, 0.2) is 22.2 Å².